The monoisotopic (exact) mass is 269 g/mol. The molecule has 19 heavy (non-hydrogen) atoms. The molecule has 1 aromatic rings. The van der Waals surface area contributed by atoms with Crippen molar-refractivity contribution in [1.29, 1.82) is 0 Å². The van der Waals surface area contributed by atoms with Gasteiger partial charge in [0.05, 0.1) is 18.8 Å². The van der Waals surface area contributed by atoms with Crippen LogP contribution in [0.5, 0.6) is 0 Å². The molecule has 0 aliphatic rings. The topological polar surface area (TPSA) is 102 Å². The summed E-state index contributed by atoms with van der Waals surface area (Å²) in [5, 5.41) is 6.59. The van der Waals surface area contributed by atoms with Gasteiger partial charge in [-0.25, -0.2) is 0 Å². The fourth-order valence-corrected chi connectivity index (χ4v) is 1.49. The maximum atomic E-state index is 12.0. The van der Waals surface area contributed by atoms with Gasteiger partial charge in [0, 0.05) is 33.9 Å². The van der Waals surface area contributed by atoms with Crippen LogP contribution in [0.25, 0.3) is 0 Å². The lowest BCUT2D eigenvalue weighted by Crippen LogP contribution is -2.39. The number of hydrogen-bond donors (Lipinski definition) is 2. The van der Waals surface area contributed by atoms with E-state index in [1.807, 2.05) is 0 Å². The molecule has 1 heterocycles. The Bertz CT molecular complexity index is 457. The minimum absolute atomic E-state index is 0.0570. The smallest absolute Gasteiger partial charge is 0.276 e. The van der Waals surface area contributed by atoms with Crippen LogP contribution in [-0.2, 0) is 16.6 Å². The Hall–Kier alpha value is -2.09. The molecule has 1 rings (SSSR count). The highest BCUT2D eigenvalue weighted by molar-refractivity contribution is 5.98. The predicted octanol–water partition coefficient (Wildman–Crippen LogP) is -1.16. The van der Waals surface area contributed by atoms with E-state index < -0.39 is 0 Å². The zero-order valence-corrected chi connectivity index (χ0v) is 11.3. The lowest BCUT2D eigenvalue weighted by molar-refractivity contribution is -0.121. The number of nitrogens with zero attached hydrogens (tertiary/aromatic N) is 3. The molecular formula is C11H19N5O3. The van der Waals surface area contributed by atoms with Crippen molar-refractivity contribution < 1.29 is 14.3 Å². The number of nitrogen functional groups attached to an aromatic ring is 1. The molecule has 0 spiro atoms. The first-order valence-corrected chi connectivity index (χ1v) is 5.76. The van der Waals surface area contributed by atoms with E-state index in [1.165, 1.54) is 16.6 Å². The van der Waals surface area contributed by atoms with Crippen molar-refractivity contribution in [2.45, 2.75) is 0 Å². The van der Waals surface area contributed by atoms with Gasteiger partial charge in [-0.1, -0.05) is 0 Å². The number of methoxy groups -OCH3 is 1. The fourth-order valence-electron chi connectivity index (χ4n) is 1.49. The standard InChI is InChI=1S/C11H19N5O3/c1-15(7-9(17)13-4-5-19-3)11(18)10-8(12)6-16(2)14-10/h6H,4-5,7,12H2,1-3H3,(H,13,17). The number of aromatic nitrogens is 2. The van der Waals surface area contributed by atoms with E-state index in [4.69, 9.17) is 10.5 Å². The van der Waals surface area contributed by atoms with E-state index >= 15 is 0 Å². The average molecular weight is 269 g/mol. The van der Waals surface area contributed by atoms with Crippen LogP contribution in [-0.4, -0.2) is 60.3 Å². The summed E-state index contributed by atoms with van der Waals surface area (Å²) < 4.78 is 6.26. The van der Waals surface area contributed by atoms with Gasteiger partial charge < -0.3 is 20.7 Å². The third-order valence-corrected chi connectivity index (χ3v) is 2.42. The van der Waals surface area contributed by atoms with Crippen molar-refractivity contribution >= 4 is 17.5 Å². The molecule has 0 saturated heterocycles. The minimum Gasteiger partial charge on any atom is -0.396 e. The van der Waals surface area contributed by atoms with Crippen molar-refractivity contribution in [1.82, 2.24) is 20.0 Å². The van der Waals surface area contributed by atoms with Gasteiger partial charge >= 0.3 is 0 Å². The number of likely N-dealkylation sites (N-methyl/N-ethyl adjacent to an activating group) is 1. The lowest BCUT2D eigenvalue weighted by Gasteiger charge is -2.15. The van der Waals surface area contributed by atoms with Crippen molar-refractivity contribution in [2.24, 2.45) is 7.05 Å². The largest absolute Gasteiger partial charge is 0.396 e. The average Bonchev–Trinajstić information content (AvgIpc) is 2.67. The van der Waals surface area contributed by atoms with Crippen LogP contribution in [0.15, 0.2) is 6.20 Å². The molecule has 106 valence electrons. The number of anilines is 1. The Labute approximate surface area is 111 Å². The normalized spacial score (nSPS) is 10.3. The Morgan fingerprint density at radius 2 is 2.26 bits per heavy atom. The highest BCUT2D eigenvalue weighted by atomic mass is 16.5. The molecule has 0 atom stereocenters. The van der Waals surface area contributed by atoms with Crippen molar-refractivity contribution in [2.75, 3.05) is 39.6 Å². The third-order valence-electron chi connectivity index (χ3n) is 2.42. The second kappa shape index (κ2) is 6.74. The Kier molecular flexibility index (Phi) is 5.31. The number of amides is 2. The van der Waals surface area contributed by atoms with E-state index in [2.05, 4.69) is 10.4 Å². The van der Waals surface area contributed by atoms with Gasteiger partial charge in [-0.2, -0.15) is 5.10 Å². The summed E-state index contributed by atoms with van der Waals surface area (Å²) in [5.41, 5.74) is 6.10. The van der Waals surface area contributed by atoms with Gasteiger partial charge in [0.1, 0.15) is 0 Å². The third kappa shape index (κ3) is 4.25. The van der Waals surface area contributed by atoms with Gasteiger partial charge in [-0.3, -0.25) is 14.3 Å². The van der Waals surface area contributed by atoms with Crippen LogP contribution in [0.3, 0.4) is 0 Å². The summed E-state index contributed by atoms with van der Waals surface area (Å²) >= 11 is 0. The summed E-state index contributed by atoms with van der Waals surface area (Å²) in [6.07, 6.45) is 1.54. The zero-order valence-electron chi connectivity index (χ0n) is 11.3. The fraction of sp³-hybridized carbons (Fsp3) is 0.545. The number of nitrogens with one attached hydrogen (secondary N) is 1. The molecule has 0 aliphatic carbocycles. The summed E-state index contributed by atoms with van der Waals surface area (Å²) in [6.45, 7) is 0.776. The Morgan fingerprint density at radius 1 is 1.58 bits per heavy atom. The van der Waals surface area contributed by atoms with Crippen LogP contribution in [0.4, 0.5) is 5.69 Å². The van der Waals surface area contributed by atoms with Crippen molar-refractivity contribution in [3.05, 3.63) is 11.9 Å². The summed E-state index contributed by atoms with van der Waals surface area (Å²) in [4.78, 5) is 24.8. The highest BCUT2D eigenvalue weighted by Gasteiger charge is 2.20. The van der Waals surface area contributed by atoms with Crippen LogP contribution >= 0.6 is 0 Å². The zero-order chi connectivity index (χ0) is 14.4. The van der Waals surface area contributed by atoms with Crippen molar-refractivity contribution in [3.63, 3.8) is 0 Å². The number of ether oxygens (including phenoxy) is 1. The highest BCUT2D eigenvalue weighted by Crippen LogP contribution is 2.10. The first-order chi connectivity index (χ1) is 8.95. The Balaban J connectivity index is 2.53. The molecule has 0 fully saturated rings. The lowest BCUT2D eigenvalue weighted by atomic mass is 10.3. The molecule has 0 unspecified atom stereocenters. The minimum atomic E-state index is -0.389. The van der Waals surface area contributed by atoms with Gasteiger partial charge in [0.15, 0.2) is 5.69 Å². The Morgan fingerprint density at radius 3 is 2.79 bits per heavy atom. The second-order valence-electron chi connectivity index (χ2n) is 4.11. The maximum Gasteiger partial charge on any atom is 0.276 e. The molecule has 0 radical (unpaired) electrons. The van der Waals surface area contributed by atoms with E-state index in [9.17, 15) is 9.59 Å². The van der Waals surface area contributed by atoms with Crippen LogP contribution in [0, 0.1) is 0 Å². The molecule has 8 nitrogen and oxygen atoms in total. The maximum absolute atomic E-state index is 12.0. The molecule has 1 aromatic heterocycles. The van der Waals surface area contributed by atoms with Gasteiger partial charge in [-0.05, 0) is 0 Å². The molecule has 0 bridgehead atoms. The van der Waals surface area contributed by atoms with Crippen LogP contribution in [0.1, 0.15) is 10.5 Å². The number of carbonyl (C=O) groups is 2. The van der Waals surface area contributed by atoms with Crippen molar-refractivity contribution in [3.8, 4) is 0 Å². The summed E-state index contributed by atoms with van der Waals surface area (Å²) in [6, 6.07) is 0. The number of nitrogens with two attached hydrogens (primary N) is 1. The molecule has 2 amide bonds. The van der Waals surface area contributed by atoms with Gasteiger partial charge in [0.25, 0.3) is 5.91 Å². The molecular weight excluding hydrogens is 250 g/mol. The first-order valence-electron chi connectivity index (χ1n) is 5.76. The summed E-state index contributed by atoms with van der Waals surface area (Å²) in [7, 11) is 4.74. The van der Waals surface area contributed by atoms with E-state index in [-0.39, 0.29) is 24.1 Å². The van der Waals surface area contributed by atoms with Crippen LogP contribution in [0.2, 0.25) is 0 Å². The first kappa shape index (κ1) is 15.0. The number of rotatable bonds is 6. The summed E-state index contributed by atoms with van der Waals surface area (Å²) in [5.74, 6) is -0.651. The molecule has 8 heteroatoms. The van der Waals surface area contributed by atoms with Crippen LogP contribution < -0.4 is 11.1 Å². The molecule has 0 aliphatic heterocycles. The number of carbonyl (C=O) groups excluding carboxylic acids is 2. The van der Waals surface area contributed by atoms with Gasteiger partial charge in [-0.15, -0.1) is 0 Å². The molecule has 3 N–H and O–H groups in total. The van der Waals surface area contributed by atoms with E-state index in [0.29, 0.717) is 18.8 Å². The molecule has 0 aromatic carbocycles. The van der Waals surface area contributed by atoms with Gasteiger partial charge in [0.2, 0.25) is 5.91 Å². The predicted molar refractivity (Wildman–Crippen MR) is 69.5 cm³/mol. The second-order valence-corrected chi connectivity index (χ2v) is 4.11. The number of hydrogen-bond acceptors (Lipinski definition) is 5. The number of aryl methyl sites for hydroxylation is 1. The van der Waals surface area contributed by atoms with E-state index in [1.54, 1.807) is 20.4 Å². The van der Waals surface area contributed by atoms with E-state index in [0.717, 1.165) is 0 Å². The molecule has 0 saturated carbocycles. The SMILES string of the molecule is COCCNC(=O)CN(C)C(=O)c1nn(C)cc1N. The quantitative estimate of drug-likeness (QED) is 0.634.